The molecule has 152 valence electrons. The predicted octanol–water partition coefficient (Wildman–Crippen LogP) is 3.12. The van der Waals surface area contributed by atoms with E-state index < -0.39 is 0 Å². The number of nitrogens with zero attached hydrogens (tertiary/aromatic N) is 2. The monoisotopic (exact) mass is 401 g/mol. The van der Waals surface area contributed by atoms with Gasteiger partial charge in [0, 0.05) is 10.9 Å². The number of morpholine rings is 1. The lowest BCUT2D eigenvalue weighted by Crippen LogP contribution is -3.12. The fourth-order valence-corrected chi connectivity index (χ4v) is 6.36. The quantitative estimate of drug-likeness (QED) is 0.827. The number of anilines is 1. The molecule has 0 spiro atoms. The molecule has 1 saturated carbocycles. The molecule has 3 aliphatic rings. The summed E-state index contributed by atoms with van der Waals surface area (Å²) in [7, 11) is 0. The number of rotatable bonds is 4. The Morgan fingerprint density at radius 2 is 1.75 bits per heavy atom. The molecule has 2 fully saturated rings. The third kappa shape index (κ3) is 4.05. The van der Waals surface area contributed by atoms with Gasteiger partial charge >= 0.3 is 0 Å². The highest BCUT2D eigenvalue weighted by Crippen LogP contribution is 2.40. The van der Waals surface area contributed by atoms with Gasteiger partial charge in [0.15, 0.2) is 5.82 Å². The number of aryl methyl sites for hydroxylation is 2. The summed E-state index contributed by atoms with van der Waals surface area (Å²) in [5, 5.41) is 5.25. The van der Waals surface area contributed by atoms with Gasteiger partial charge in [0.05, 0.1) is 18.6 Å². The highest BCUT2D eigenvalue weighted by atomic mass is 32.1. The van der Waals surface area contributed by atoms with Crippen molar-refractivity contribution in [3.8, 4) is 0 Å². The van der Waals surface area contributed by atoms with Crippen molar-refractivity contribution >= 4 is 27.4 Å². The smallest absolute Gasteiger partial charge is 0.187 e. The Bertz CT molecular complexity index is 806. The van der Waals surface area contributed by atoms with Crippen LogP contribution in [0.2, 0.25) is 0 Å². The summed E-state index contributed by atoms with van der Waals surface area (Å²) < 4.78 is 5.52. The Balaban J connectivity index is 1.45. The van der Waals surface area contributed by atoms with Gasteiger partial charge < -0.3 is 15.0 Å². The number of fused-ring (bicyclic) bond motifs is 3. The van der Waals surface area contributed by atoms with Gasteiger partial charge in [-0.3, -0.25) is 0 Å². The molecule has 2 aromatic rings. The van der Waals surface area contributed by atoms with E-state index in [4.69, 9.17) is 14.7 Å². The number of hydrogen-bond acceptors (Lipinski definition) is 5. The third-order valence-corrected chi connectivity index (χ3v) is 7.85. The van der Waals surface area contributed by atoms with E-state index in [9.17, 15) is 0 Å². The maximum absolute atomic E-state index is 5.52. The first kappa shape index (κ1) is 18.8. The van der Waals surface area contributed by atoms with Gasteiger partial charge in [0.2, 0.25) is 0 Å². The number of hydrogen-bond donors (Lipinski definition) is 2. The van der Waals surface area contributed by atoms with Gasteiger partial charge in [-0.15, -0.1) is 11.3 Å². The lowest BCUT2D eigenvalue weighted by atomic mass is 9.96. The molecule has 2 aromatic heterocycles. The number of ether oxygens (including phenoxy) is 1. The van der Waals surface area contributed by atoms with E-state index >= 15 is 0 Å². The van der Waals surface area contributed by atoms with Gasteiger partial charge in [-0.05, 0) is 37.7 Å². The summed E-state index contributed by atoms with van der Waals surface area (Å²) in [6, 6.07) is 0.568. The van der Waals surface area contributed by atoms with E-state index in [-0.39, 0.29) is 0 Å². The third-order valence-electron chi connectivity index (χ3n) is 6.67. The summed E-state index contributed by atoms with van der Waals surface area (Å²) >= 11 is 1.92. The molecule has 2 N–H and O–H groups in total. The highest BCUT2D eigenvalue weighted by molar-refractivity contribution is 7.19. The van der Waals surface area contributed by atoms with E-state index in [1.807, 2.05) is 11.3 Å². The molecule has 5 nitrogen and oxygen atoms in total. The Kier molecular flexibility index (Phi) is 5.79. The van der Waals surface area contributed by atoms with Crippen molar-refractivity contribution < 1.29 is 9.64 Å². The topological polar surface area (TPSA) is 51.5 Å². The molecule has 0 radical (unpaired) electrons. The van der Waals surface area contributed by atoms with Crippen LogP contribution in [-0.2, 0) is 24.1 Å². The lowest BCUT2D eigenvalue weighted by molar-refractivity contribution is -0.922. The minimum atomic E-state index is 0.568. The average molecular weight is 402 g/mol. The first-order valence-corrected chi connectivity index (χ1v) is 12.2. The SMILES string of the molecule is C1CCCC(Nc2nc(C[NH+]3CCOCC3)nc3sc4c(c23)CCC4)CCC1. The van der Waals surface area contributed by atoms with Crippen LogP contribution in [-0.4, -0.2) is 42.3 Å². The molecule has 1 saturated heterocycles. The summed E-state index contributed by atoms with van der Waals surface area (Å²) in [6.07, 6.45) is 13.2. The minimum absolute atomic E-state index is 0.568. The van der Waals surface area contributed by atoms with E-state index in [1.165, 1.54) is 74.4 Å². The first-order valence-electron chi connectivity index (χ1n) is 11.4. The van der Waals surface area contributed by atoms with Gasteiger partial charge in [0.1, 0.15) is 30.3 Å². The van der Waals surface area contributed by atoms with Crippen LogP contribution in [0.25, 0.3) is 10.2 Å². The molecule has 1 aliphatic heterocycles. The van der Waals surface area contributed by atoms with Crippen LogP contribution >= 0.6 is 11.3 Å². The van der Waals surface area contributed by atoms with Gasteiger partial charge in [-0.25, -0.2) is 9.97 Å². The van der Waals surface area contributed by atoms with E-state index in [0.29, 0.717) is 6.04 Å². The van der Waals surface area contributed by atoms with Gasteiger partial charge in [-0.1, -0.05) is 32.1 Å². The second-order valence-electron chi connectivity index (χ2n) is 8.75. The standard InChI is InChI=1S/C22H32N4OS/c1-2-4-7-16(8-5-3-1)23-21-20-17-9-6-10-18(17)28-22(20)25-19(24-21)15-26-11-13-27-14-12-26/h16H,1-15H2,(H,23,24,25)/p+1. The van der Waals surface area contributed by atoms with Crippen molar-refractivity contribution in [2.75, 3.05) is 31.6 Å². The fourth-order valence-electron chi connectivity index (χ4n) is 5.08. The molecule has 0 aromatic carbocycles. The Morgan fingerprint density at radius 1 is 0.964 bits per heavy atom. The molecule has 0 bridgehead atoms. The maximum Gasteiger partial charge on any atom is 0.187 e. The fraction of sp³-hybridized carbons (Fsp3) is 0.727. The minimum Gasteiger partial charge on any atom is -0.370 e. The lowest BCUT2D eigenvalue weighted by Gasteiger charge is -2.24. The van der Waals surface area contributed by atoms with E-state index in [1.54, 1.807) is 15.3 Å². The molecule has 6 heteroatoms. The zero-order chi connectivity index (χ0) is 18.8. The second-order valence-corrected chi connectivity index (χ2v) is 9.84. The Morgan fingerprint density at radius 3 is 2.57 bits per heavy atom. The van der Waals surface area contributed by atoms with Gasteiger partial charge in [0.25, 0.3) is 0 Å². The highest BCUT2D eigenvalue weighted by Gasteiger charge is 2.25. The normalized spacial score (nSPS) is 22.1. The average Bonchev–Trinajstić information content (AvgIpc) is 3.25. The van der Waals surface area contributed by atoms with Crippen LogP contribution in [0.15, 0.2) is 0 Å². The van der Waals surface area contributed by atoms with Crippen molar-refractivity contribution in [2.24, 2.45) is 0 Å². The Labute approximate surface area is 171 Å². The first-order chi connectivity index (χ1) is 13.9. The van der Waals surface area contributed by atoms with Crippen molar-refractivity contribution in [1.29, 1.82) is 0 Å². The van der Waals surface area contributed by atoms with Crippen molar-refractivity contribution in [3.63, 3.8) is 0 Å². The van der Waals surface area contributed by atoms with Crippen LogP contribution in [0.5, 0.6) is 0 Å². The summed E-state index contributed by atoms with van der Waals surface area (Å²) in [6.45, 7) is 4.76. The zero-order valence-electron chi connectivity index (χ0n) is 16.9. The Hall–Kier alpha value is -1.24. The van der Waals surface area contributed by atoms with Crippen LogP contribution in [0, 0.1) is 0 Å². The molecule has 2 aliphatic carbocycles. The number of aromatic nitrogens is 2. The van der Waals surface area contributed by atoms with Crippen LogP contribution in [0.1, 0.15) is 67.6 Å². The van der Waals surface area contributed by atoms with Crippen LogP contribution in [0.4, 0.5) is 5.82 Å². The van der Waals surface area contributed by atoms with E-state index in [2.05, 4.69) is 5.32 Å². The van der Waals surface area contributed by atoms with Crippen molar-refractivity contribution in [2.45, 2.75) is 76.8 Å². The number of thiophene rings is 1. The molecule has 28 heavy (non-hydrogen) atoms. The maximum atomic E-state index is 5.52. The summed E-state index contributed by atoms with van der Waals surface area (Å²) in [5.41, 5.74) is 1.54. The van der Waals surface area contributed by atoms with Gasteiger partial charge in [-0.2, -0.15) is 0 Å². The second kappa shape index (κ2) is 8.64. The molecular weight excluding hydrogens is 368 g/mol. The molecule has 0 amide bonds. The van der Waals surface area contributed by atoms with Crippen molar-refractivity contribution in [3.05, 3.63) is 16.3 Å². The largest absolute Gasteiger partial charge is 0.370 e. The van der Waals surface area contributed by atoms with Crippen molar-refractivity contribution in [1.82, 2.24) is 9.97 Å². The molecule has 0 unspecified atom stereocenters. The molecular formula is C22H33N4OS+. The number of quaternary nitrogens is 1. The van der Waals surface area contributed by atoms with Crippen LogP contribution in [0.3, 0.4) is 0 Å². The predicted molar refractivity (Wildman–Crippen MR) is 114 cm³/mol. The van der Waals surface area contributed by atoms with Crippen LogP contribution < -0.4 is 10.2 Å². The zero-order valence-corrected chi connectivity index (χ0v) is 17.7. The molecule has 3 heterocycles. The van der Waals surface area contributed by atoms with E-state index in [0.717, 1.165) is 44.5 Å². The summed E-state index contributed by atoms with van der Waals surface area (Å²) in [4.78, 5) is 14.5. The number of nitrogens with one attached hydrogen (secondary N) is 2. The molecule has 0 atom stereocenters. The molecule has 5 rings (SSSR count). The summed E-state index contributed by atoms with van der Waals surface area (Å²) in [5.74, 6) is 2.15.